The smallest absolute Gasteiger partial charge is 0.371 e. The van der Waals surface area contributed by atoms with Crippen LogP contribution in [-0.2, 0) is 18.3 Å². The molecule has 1 rings (SSSR count). The van der Waals surface area contributed by atoms with E-state index in [0.29, 0.717) is 13.1 Å². The number of alkyl halides is 3. The third-order valence-electron chi connectivity index (χ3n) is 1.78. The molecular weight excluding hydrogens is 225 g/mol. The molecule has 0 aliphatic rings. The van der Waals surface area contributed by atoms with Gasteiger partial charge in [-0.3, -0.25) is 0 Å². The van der Waals surface area contributed by atoms with Gasteiger partial charge < -0.3 is 14.6 Å². The molecule has 8 heteroatoms. The number of aromatic nitrogens is 3. The molecule has 1 N–H and O–H groups in total. The Morgan fingerprint density at radius 1 is 1.50 bits per heavy atom. The second-order valence-corrected chi connectivity index (χ2v) is 3.20. The summed E-state index contributed by atoms with van der Waals surface area (Å²) >= 11 is 0. The first-order valence-electron chi connectivity index (χ1n) is 4.67. The summed E-state index contributed by atoms with van der Waals surface area (Å²) in [7, 11) is 1.79. The first-order chi connectivity index (χ1) is 7.49. The van der Waals surface area contributed by atoms with E-state index < -0.39 is 12.8 Å². The van der Waals surface area contributed by atoms with Gasteiger partial charge in [0.05, 0.1) is 13.2 Å². The average molecular weight is 238 g/mol. The molecule has 0 aliphatic heterocycles. The fourth-order valence-corrected chi connectivity index (χ4v) is 1.000. The Hall–Kier alpha value is -1.15. The quantitative estimate of drug-likeness (QED) is 0.732. The summed E-state index contributed by atoms with van der Waals surface area (Å²) in [6.07, 6.45) is -2.71. The molecule has 0 radical (unpaired) electrons. The molecule has 0 fully saturated rings. The summed E-state index contributed by atoms with van der Waals surface area (Å²) in [5.41, 5.74) is 0. The topological polar surface area (TPSA) is 52.0 Å². The van der Waals surface area contributed by atoms with Crippen molar-refractivity contribution < 1.29 is 17.9 Å². The highest BCUT2D eigenvalue weighted by Crippen LogP contribution is 2.13. The van der Waals surface area contributed by atoms with E-state index >= 15 is 0 Å². The molecule has 1 heterocycles. The molecule has 16 heavy (non-hydrogen) atoms. The summed E-state index contributed by atoms with van der Waals surface area (Å²) in [6, 6.07) is 0. The van der Waals surface area contributed by atoms with Crippen LogP contribution < -0.4 is 5.32 Å². The zero-order valence-corrected chi connectivity index (χ0v) is 8.79. The summed E-state index contributed by atoms with van der Waals surface area (Å²) in [5, 5.41) is 10.4. The Bertz CT molecular complexity index is 312. The van der Waals surface area contributed by atoms with Crippen molar-refractivity contribution in [3.63, 3.8) is 0 Å². The second kappa shape index (κ2) is 5.80. The minimum atomic E-state index is -4.26. The van der Waals surface area contributed by atoms with Crippen LogP contribution in [0.4, 0.5) is 13.2 Å². The van der Waals surface area contributed by atoms with Gasteiger partial charge >= 0.3 is 6.18 Å². The minimum Gasteiger partial charge on any atom is -0.371 e. The fourth-order valence-electron chi connectivity index (χ4n) is 1.000. The van der Waals surface area contributed by atoms with Crippen LogP contribution in [0.25, 0.3) is 0 Å². The Morgan fingerprint density at radius 2 is 2.25 bits per heavy atom. The third kappa shape index (κ3) is 5.08. The molecular formula is C8H13F3N4O. The number of nitrogens with one attached hydrogen (secondary N) is 1. The van der Waals surface area contributed by atoms with Gasteiger partial charge in [0.1, 0.15) is 18.8 Å². The van der Waals surface area contributed by atoms with E-state index in [-0.39, 0.29) is 6.61 Å². The summed E-state index contributed by atoms with van der Waals surface area (Å²) in [4.78, 5) is 0. The largest absolute Gasteiger partial charge is 0.411 e. The van der Waals surface area contributed by atoms with Crippen LogP contribution in [0.1, 0.15) is 5.82 Å². The monoisotopic (exact) mass is 238 g/mol. The van der Waals surface area contributed by atoms with Crippen molar-refractivity contribution in [3.8, 4) is 0 Å². The Morgan fingerprint density at radius 3 is 2.81 bits per heavy atom. The van der Waals surface area contributed by atoms with Crippen LogP contribution in [0, 0.1) is 0 Å². The third-order valence-corrected chi connectivity index (χ3v) is 1.78. The van der Waals surface area contributed by atoms with Crippen molar-refractivity contribution >= 4 is 0 Å². The van der Waals surface area contributed by atoms with E-state index in [2.05, 4.69) is 20.3 Å². The number of hydrogen-bond donors (Lipinski definition) is 1. The zero-order chi connectivity index (χ0) is 12.0. The van der Waals surface area contributed by atoms with Crippen molar-refractivity contribution in [2.75, 3.05) is 19.8 Å². The van der Waals surface area contributed by atoms with Crippen molar-refractivity contribution in [2.45, 2.75) is 12.7 Å². The molecule has 1 aromatic rings. The van der Waals surface area contributed by atoms with Crippen LogP contribution in [0.3, 0.4) is 0 Å². The van der Waals surface area contributed by atoms with Gasteiger partial charge in [0, 0.05) is 13.6 Å². The van der Waals surface area contributed by atoms with Gasteiger partial charge in [-0.05, 0) is 0 Å². The van der Waals surface area contributed by atoms with Crippen LogP contribution >= 0.6 is 0 Å². The van der Waals surface area contributed by atoms with Gasteiger partial charge in [-0.25, -0.2) is 0 Å². The van der Waals surface area contributed by atoms with Gasteiger partial charge in [-0.2, -0.15) is 13.2 Å². The molecule has 5 nitrogen and oxygen atoms in total. The minimum absolute atomic E-state index is 0.0113. The molecule has 0 unspecified atom stereocenters. The lowest BCUT2D eigenvalue weighted by Crippen LogP contribution is -2.24. The Labute approximate surface area is 90.6 Å². The lowest BCUT2D eigenvalue weighted by Gasteiger charge is -2.08. The lowest BCUT2D eigenvalue weighted by molar-refractivity contribution is -0.173. The first kappa shape index (κ1) is 12.9. The van der Waals surface area contributed by atoms with Gasteiger partial charge in [0.25, 0.3) is 0 Å². The lowest BCUT2D eigenvalue weighted by atomic mass is 10.5. The van der Waals surface area contributed by atoms with E-state index in [1.807, 2.05) is 0 Å². The number of halogens is 3. The van der Waals surface area contributed by atoms with E-state index in [4.69, 9.17) is 0 Å². The number of hydrogen-bond acceptors (Lipinski definition) is 4. The van der Waals surface area contributed by atoms with Gasteiger partial charge in [-0.15, -0.1) is 10.2 Å². The maximum atomic E-state index is 11.7. The van der Waals surface area contributed by atoms with Crippen LogP contribution in [0.2, 0.25) is 0 Å². The highest BCUT2D eigenvalue weighted by molar-refractivity contribution is 4.82. The molecule has 0 amide bonds. The Kier molecular flexibility index (Phi) is 4.69. The van der Waals surface area contributed by atoms with Crippen molar-refractivity contribution in [3.05, 3.63) is 12.2 Å². The first-order valence-corrected chi connectivity index (χ1v) is 4.67. The van der Waals surface area contributed by atoms with Crippen molar-refractivity contribution in [1.82, 2.24) is 20.1 Å². The van der Waals surface area contributed by atoms with E-state index in [0.717, 1.165) is 5.82 Å². The number of nitrogens with zero attached hydrogens (tertiary/aromatic N) is 3. The molecule has 0 aliphatic carbocycles. The SMILES string of the molecule is Cn1cnnc1CNCCOCC(F)(F)F. The van der Waals surface area contributed by atoms with E-state index in [1.54, 1.807) is 17.9 Å². The normalized spacial score (nSPS) is 12.0. The second-order valence-electron chi connectivity index (χ2n) is 3.20. The van der Waals surface area contributed by atoms with Gasteiger partial charge in [-0.1, -0.05) is 0 Å². The molecule has 0 spiro atoms. The average Bonchev–Trinajstić information content (AvgIpc) is 2.56. The summed E-state index contributed by atoms with van der Waals surface area (Å²) in [5.74, 6) is 0.718. The van der Waals surface area contributed by atoms with Gasteiger partial charge in [0.15, 0.2) is 0 Å². The molecule has 0 saturated carbocycles. The molecule has 0 aromatic carbocycles. The highest BCUT2D eigenvalue weighted by atomic mass is 19.4. The Balaban J connectivity index is 2.03. The van der Waals surface area contributed by atoms with Gasteiger partial charge in [0.2, 0.25) is 0 Å². The number of rotatable bonds is 6. The van der Waals surface area contributed by atoms with Crippen LogP contribution in [0.5, 0.6) is 0 Å². The molecule has 0 atom stereocenters. The summed E-state index contributed by atoms with van der Waals surface area (Å²) < 4.78 is 41.2. The number of ether oxygens (including phenoxy) is 1. The van der Waals surface area contributed by atoms with E-state index in [1.165, 1.54) is 0 Å². The van der Waals surface area contributed by atoms with Crippen molar-refractivity contribution in [1.29, 1.82) is 0 Å². The molecule has 1 aromatic heterocycles. The predicted molar refractivity (Wildman–Crippen MR) is 49.6 cm³/mol. The van der Waals surface area contributed by atoms with E-state index in [9.17, 15) is 13.2 Å². The highest BCUT2D eigenvalue weighted by Gasteiger charge is 2.27. The van der Waals surface area contributed by atoms with Crippen LogP contribution in [0.15, 0.2) is 6.33 Å². The summed E-state index contributed by atoms with van der Waals surface area (Å²) in [6.45, 7) is -0.412. The molecule has 0 bridgehead atoms. The van der Waals surface area contributed by atoms with Crippen molar-refractivity contribution in [2.24, 2.45) is 7.05 Å². The zero-order valence-electron chi connectivity index (χ0n) is 8.79. The maximum Gasteiger partial charge on any atom is 0.411 e. The standard InChI is InChI=1S/C8H13F3N4O/c1-15-6-13-14-7(15)4-12-2-3-16-5-8(9,10)11/h6,12H,2-5H2,1H3. The van der Waals surface area contributed by atoms with Crippen LogP contribution in [-0.4, -0.2) is 40.7 Å². The predicted octanol–water partition coefficient (Wildman–Crippen LogP) is 0.484. The molecule has 92 valence electrons. The number of aryl methyl sites for hydroxylation is 1. The fraction of sp³-hybridized carbons (Fsp3) is 0.750. The maximum absolute atomic E-state index is 11.7. The molecule has 0 saturated heterocycles.